The molecule has 0 unspecified atom stereocenters. The Balaban J connectivity index is 1.90. The van der Waals surface area contributed by atoms with Crippen molar-refractivity contribution in [1.82, 2.24) is 9.78 Å². The van der Waals surface area contributed by atoms with Gasteiger partial charge >= 0.3 is 5.82 Å². The van der Waals surface area contributed by atoms with Gasteiger partial charge in [0, 0.05) is 10.7 Å². The maximum Gasteiger partial charge on any atom is 0.314 e. The van der Waals surface area contributed by atoms with E-state index in [0.717, 1.165) is 12.4 Å². The molecule has 0 fully saturated rings. The number of benzene rings is 3. The van der Waals surface area contributed by atoms with E-state index in [4.69, 9.17) is 5.10 Å². The third kappa shape index (κ3) is 2.36. The molecule has 0 bridgehead atoms. The van der Waals surface area contributed by atoms with Crippen LogP contribution in [0.4, 0.5) is 0 Å². The molecule has 0 amide bonds. The summed E-state index contributed by atoms with van der Waals surface area (Å²) in [6.07, 6.45) is 0. The number of para-hydroxylation sites is 1. The molecule has 0 spiro atoms. The van der Waals surface area contributed by atoms with E-state index in [1.54, 1.807) is 0 Å². The number of hydrogen-bond donors (Lipinski definition) is 0. The summed E-state index contributed by atoms with van der Waals surface area (Å²) in [6.45, 7) is 9.56. The van der Waals surface area contributed by atoms with E-state index in [0.29, 0.717) is 0 Å². The first-order chi connectivity index (χ1) is 13.6. The molecule has 0 aliphatic carbocycles. The first-order valence-electron chi connectivity index (χ1n) is 9.80. The van der Waals surface area contributed by atoms with Crippen LogP contribution in [0.3, 0.4) is 0 Å². The lowest BCUT2D eigenvalue weighted by Crippen LogP contribution is -2.36. The molecule has 0 N–H and O–H groups in total. The van der Waals surface area contributed by atoms with Crippen LogP contribution in [-0.4, -0.2) is 9.78 Å². The van der Waals surface area contributed by atoms with Crippen molar-refractivity contribution in [3.63, 3.8) is 0 Å². The predicted molar refractivity (Wildman–Crippen MR) is 113 cm³/mol. The Morgan fingerprint density at radius 3 is 2.18 bits per heavy atom. The van der Waals surface area contributed by atoms with Crippen LogP contribution in [0.2, 0.25) is 0 Å². The molecule has 28 heavy (non-hydrogen) atoms. The zero-order valence-corrected chi connectivity index (χ0v) is 16.8. The second-order valence-electron chi connectivity index (χ2n) is 7.79. The van der Waals surface area contributed by atoms with Gasteiger partial charge in [0.2, 0.25) is 0 Å². The molecule has 4 aromatic rings. The lowest BCUT2D eigenvalue weighted by molar-refractivity contribution is -0.573. The molecule has 0 atom stereocenters. The van der Waals surface area contributed by atoms with E-state index in [1.807, 2.05) is 0 Å². The van der Waals surface area contributed by atoms with Gasteiger partial charge in [0.05, 0.1) is 11.1 Å². The minimum Gasteiger partial charge on any atom is -0.189 e. The number of hydrogen-bond acceptors (Lipinski definition) is 1. The van der Waals surface area contributed by atoms with Crippen LogP contribution in [0.15, 0.2) is 60.7 Å². The summed E-state index contributed by atoms with van der Waals surface area (Å²) in [6, 6.07) is 21.6. The summed E-state index contributed by atoms with van der Waals surface area (Å²) in [5.74, 6) is 2.19. The van der Waals surface area contributed by atoms with E-state index >= 15 is 0 Å². The molecular weight excluding hydrogens is 342 g/mol. The van der Waals surface area contributed by atoms with Crippen LogP contribution < -0.4 is 4.57 Å². The van der Waals surface area contributed by atoms with Gasteiger partial charge in [-0.1, -0.05) is 48.5 Å². The molecule has 1 aliphatic heterocycles. The van der Waals surface area contributed by atoms with Crippen molar-refractivity contribution in [3.8, 4) is 28.5 Å². The fraction of sp³-hybridized carbons (Fsp3) is 0.200. The SMILES string of the molecule is Cc1cccc(-c2nn3c([n+]2-c2c(C)cccc2C)-c2ccccc2C3)c1C. The lowest BCUT2D eigenvalue weighted by atomic mass is 10.0. The van der Waals surface area contributed by atoms with Crippen molar-refractivity contribution in [2.75, 3.05) is 0 Å². The van der Waals surface area contributed by atoms with Gasteiger partial charge in [-0.25, -0.2) is 0 Å². The molecule has 3 nitrogen and oxygen atoms in total. The van der Waals surface area contributed by atoms with Crippen LogP contribution in [0.5, 0.6) is 0 Å². The van der Waals surface area contributed by atoms with Gasteiger partial charge in [-0.15, -0.1) is 4.68 Å². The van der Waals surface area contributed by atoms with Gasteiger partial charge in [0.1, 0.15) is 12.2 Å². The highest BCUT2D eigenvalue weighted by molar-refractivity contribution is 5.67. The van der Waals surface area contributed by atoms with Crippen molar-refractivity contribution in [2.45, 2.75) is 34.2 Å². The highest BCUT2D eigenvalue weighted by atomic mass is 15.4. The minimum atomic E-state index is 0.821. The standard InChI is InChI=1S/C25H24N3/c1-16-9-8-14-21(19(16)4)24-26-27-15-20-12-5-6-13-22(20)25(27)28(24)23-17(2)10-7-11-18(23)3/h5-14H,15H2,1-4H3/q+1. The maximum absolute atomic E-state index is 5.12. The number of fused-ring (bicyclic) bond motifs is 3. The van der Waals surface area contributed by atoms with E-state index < -0.39 is 0 Å². The Bertz CT molecular complexity index is 1210. The number of aromatic nitrogens is 3. The molecular formula is C25H24N3+. The summed E-state index contributed by atoms with van der Waals surface area (Å²) in [5.41, 5.74) is 10.1. The number of rotatable bonds is 2. The maximum atomic E-state index is 5.12. The summed E-state index contributed by atoms with van der Waals surface area (Å²) < 4.78 is 4.53. The first-order valence-corrected chi connectivity index (χ1v) is 9.80. The largest absolute Gasteiger partial charge is 0.314 e. The van der Waals surface area contributed by atoms with E-state index in [1.165, 1.54) is 50.5 Å². The smallest absolute Gasteiger partial charge is 0.189 e. The van der Waals surface area contributed by atoms with Gasteiger partial charge in [-0.2, -0.15) is 4.57 Å². The van der Waals surface area contributed by atoms with Crippen molar-refractivity contribution >= 4 is 0 Å². The molecule has 0 saturated carbocycles. The van der Waals surface area contributed by atoms with Crippen LogP contribution in [-0.2, 0) is 6.54 Å². The highest BCUT2D eigenvalue weighted by Gasteiger charge is 2.36. The average Bonchev–Trinajstić information content (AvgIpc) is 3.20. The number of nitrogens with zero attached hydrogens (tertiary/aromatic N) is 3. The van der Waals surface area contributed by atoms with Gasteiger partial charge in [0.25, 0.3) is 5.82 Å². The quantitative estimate of drug-likeness (QED) is 0.399. The predicted octanol–water partition coefficient (Wildman–Crippen LogP) is 5.09. The monoisotopic (exact) mass is 366 g/mol. The number of aryl methyl sites for hydroxylation is 3. The molecule has 2 heterocycles. The Morgan fingerprint density at radius 1 is 0.750 bits per heavy atom. The zero-order chi connectivity index (χ0) is 19.4. The van der Waals surface area contributed by atoms with E-state index in [-0.39, 0.29) is 0 Å². The second kappa shape index (κ2) is 6.16. The van der Waals surface area contributed by atoms with Crippen LogP contribution in [0.25, 0.3) is 28.5 Å². The molecule has 0 saturated heterocycles. The van der Waals surface area contributed by atoms with Gasteiger partial charge in [-0.3, -0.25) is 0 Å². The van der Waals surface area contributed by atoms with Crippen LogP contribution in [0, 0.1) is 27.7 Å². The van der Waals surface area contributed by atoms with Gasteiger partial charge in [-0.05, 0) is 62.1 Å². The highest BCUT2D eigenvalue weighted by Crippen LogP contribution is 2.34. The summed E-state index contributed by atoms with van der Waals surface area (Å²) in [7, 11) is 0. The summed E-state index contributed by atoms with van der Waals surface area (Å²) in [5, 5.41) is 5.12. The molecule has 5 rings (SSSR count). The molecule has 1 aromatic heterocycles. The van der Waals surface area contributed by atoms with Gasteiger partial charge < -0.3 is 0 Å². The fourth-order valence-corrected chi connectivity index (χ4v) is 4.37. The van der Waals surface area contributed by atoms with Crippen LogP contribution in [0.1, 0.15) is 27.8 Å². The van der Waals surface area contributed by atoms with Crippen molar-refractivity contribution in [3.05, 3.63) is 88.5 Å². The molecule has 0 radical (unpaired) electrons. The fourth-order valence-electron chi connectivity index (χ4n) is 4.37. The van der Waals surface area contributed by atoms with Crippen molar-refractivity contribution < 1.29 is 4.57 Å². The normalized spacial score (nSPS) is 12.1. The van der Waals surface area contributed by atoms with E-state index in [9.17, 15) is 0 Å². The average molecular weight is 366 g/mol. The molecule has 3 heteroatoms. The summed E-state index contributed by atoms with van der Waals surface area (Å²) >= 11 is 0. The Kier molecular flexibility index (Phi) is 3.73. The second-order valence-corrected chi connectivity index (χ2v) is 7.79. The minimum absolute atomic E-state index is 0.821. The first kappa shape index (κ1) is 16.9. The zero-order valence-electron chi connectivity index (χ0n) is 16.8. The van der Waals surface area contributed by atoms with Crippen molar-refractivity contribution in [1.29, 1.82) is 0 Å². The van der Waals surface area contributed by atoms with Gasteiger partial charge in [0.15, 0.2) is 0 Å². The molecule has 138 valence electrons. The van der Waals surface area contributed by atoms with Crippen molar-refractivity contribution in [2.24, 2.45) is 0 Å². The third-order valence-electron chi connectivity index (χ3n) is 5.97. The molecule has 1 aliphatic rings. The lowest BCUT2D eigenvalue weighted by Gasteiger charge is -2.12. The Hall–Kier alpha value is -3.20. The van der Waals surface area contributed by atoms with Crippen LogP contribution >= 0.6 is 0 Å². The Morgan fingerprint density at radius 2 is 1.39 bits per heavy atom. The summed E-state index contributed by atoms with van der Waals surface area (Å²) in [4.78, 5) is 0. The van der Waals surface area contributed by atoms with E-state index in [2.05, 4.69) is 97.6 Å². The Labute approximate surface area is 165 Å². The molecule has 3 aromatic carbocycles. The topological polar surface area (TPSA) is 21.7 Å². The third-order valence-corrected chi connectivity index (χ3v) is 5.97.